The van der Waals surface area contributed by atoms with E-state index in [0.29, 0.717) is 5.84 Å². The Bertz CT molecular complexity index is 690. The Hall–Kier alpha value is -2.50. The second-order valence-electron chi connectivity index (χ2n) is 5.97. The van der Waals surface area contributed by atoms with Crippen LogP contribution >= 0.6 is 0 Å². The average molecular weight is 315 g/mol. The molecule has 0 saturated heterocycles. The molecule has 0 spiro atoms. The number of aliphatic imine (C=N–C) groups is 1. The van der Waals surface area contributed by atoms with E-state index in [2.05, 4.69) is 20.3 Å². The number of ketones is 1. The summed E-state index contributed by atoms with van der Waals surface area (Å²) in [6, 6.07) is 7.91. The number of amidine groups is 1. The molecule has 1 aromatic carbocycles. The van der Waals surface area contributed by atoms with Gasteiger partial charge in [0.25, 0.3) is 5.78 Å². The minimum Gasteiger partial charge on any atom is -0.460 e. The molecule has 1 heterocycles. The minimum atomic E-state index is -0.901. The van der Waals surface area contributed by atoms with Crippen molar-refractivity contribution in [1.82, 2.24) is 5.43 Å². The number of Topliss-reactive ketones (excluding diaryl/α,β-unsaturated/α-hetero) is 1. The van der Waals surface area contributed by atoms with Gasteiger partial charge in [-0.05, 0) is 39.7 Å². The number of esters is 1. The maximum absolute atomic E-state index is 11.8. The van der Waals surface area contributed by atoms with E-state index in [1.807, 2.05) is 38.1 Å². The highest BCUT2D eigenvalue weighted by Gasteiger charge is 2.26. The third kappa shape index (κ3) is 4.03. The average Bonchev–Trinajstić information content (AvgIpc) is 2.50. The van der Waals surface area contributed by atoms with Crippen LogP contribution in [0.1, 0.15) is 38.8 Å². The lowest BCUT2D eigenvalue weighted by atomic mass is 9.89. The smallest absolute Gasteiger partial charge is 0.381 e. The van der Waals surface area contributed by atoms with Gasteiger partial charge in [-0.1, -0.05) is 24.3 Å². The molecule has 1 aliphatic heterocycles. The lowest BCUT2D eigenvalue weighted by Gasteiger charge is -2.28. The van der Waals surface area contributed by atoms with Crippen molar-refractivity contribution in [3.8, 4) is 0 Å². The van der Waals surface area contributed by atoms with E-state index in [0.717, 1.165) is 12.0 Å². The highest BCUT2D eigenvalue weighted by molar-refractivity contribution is 6.63. The lowest BCUT2D eigenvalue weighted by Crippen LogP contribution is -2.35. The third-order valence-electron chi connectivity index (χ3n) is 3.43. The van der Waals surface area contributed by atoms with Crippen molar-refractivity contribution in [2.45, 2.75) is 39.7 Å². The molecule has 6 nitrogen and oxygen atoms in total. The van der Waals surface area contributed by atoms with Crippen LogP contribution in [0, 0.1) is 0 Å². The molecule has 0 fully saturated rings. The van der Waals surface area contributed by atoms with Crippen molar-refractivity contribution in [1.29, 1.82) is 0 Å². The van der Waals surface area contributed by atoms with Gasteiger partial charge >= 0.3 is 5.97 Å². The number of ether oxygens (including phenoxy) is 1. The van der Waals surface area contributed by atoms with Crippen molar-refractivity contribution >= 4 is 23.3 Å². The van der Waals surface area contributed by atoms with Gasteiger partial charge in [-0.3, -0.25) is 15.2 Å². The fourth-order valence-corrected chi connectivity index (χ4v) is 2.39. The quantitative estimate of drug-likeness (QED) is 0.398. The lowest BCUT2D eigenvalue weighted by molar-refractivity contribution is -0.150. The predicted octanol–water partition coefficient (Wildman–Crippen LogP) is 1.87. The molecule has 0 radical (unpaired) electrons. The van der Waals surface area contributed by atoms with Crippen LogP contribution in [0.2, 0.25) is 0 Å². The van der Waals surface area contributed by atoms with Crippen molar-refractivity contribution in [3.05, 3.63) is 35.4 Å². The summed E-state index contributed by atoms with van der Waals surface area (Å²) < 4.78 is 4.68. The Morgan fingerprint density at radius 3 is 2.74 bits per heavy atom. The number of carbonyl (C=O) groups is 2. The standard InChI is InChI=1S/C17H21N3O3/c1-5-23-16(22)14(21)11(2)19-20-15-13-9-7-6-8-12(13)10-17(3,4)18-15/h6-9H,5,10H2,1-4H3,(H,18,20). The second-order valence-corrected chi connectivity index (χ2v) is 5.97. The zero-order valence-electron chi connectivity index (χ0n) is 13.8. The van der Waals surface area contributed by atoms with E-state index < -0.39 is 11.8 Å². The van der Waals surface area contributed by atoms with Crippen LogP contribution in [0.15, 0.2) is 34.4 Å². The number of hydrazone groups is 1. The summed E-state index contributed by atoms with van der Waals surface area (Å²) in [5.74, 6) is -1.07. The first-order valence-corrected chi connectivity index (χ1v) is 7.54. The van der Waals surface area contributed by atoms with Crippen molar-refractivity contribution in [2.75, 3.05) is 6.61 Å². The monoisotopic (exact) mass is 315 g/mol. The first kappa shape index (κ1) is 16.9. The molecule has 0 unspecified atom stereocenters. The van der Waals surface area contributed by atoms with Crippen LogP contribution < -0.4 is 5.43 Å². The van der Waals surface area contributed by atoms with Crippen LogP contribution in [-0.2, 0) is 20.7 Å². The SMILES string of the molecule is CCOC(=O)C(=O)C(C)=NNC1=NC(C)(C)Cc2ccccc21. The molecule has 1 aromatic rings. The normalized spacial score (nSPS) is 16.2. The molecule has 0 bridgehead atoms. The van der Waals surface area contributed by atoms with Gasteiger partial charge in [0, 0.05) is 5.56 Å². The fraction of sp³-hybridized carbons (Fsp3) is 0.412. The van der Waals surface area contributed by atoms with E-state index in [-0.39, 0.29) is 17.9 Å². The first-order valence-electron chi connectivity index (χ1n) is 7.54. The molecule has 0 atom stereocenters. The van der Waals surface area contributed by atoms with Crippen molar-refractivity contribution in [3.63, 3.8) is 0 Å². The van der Waals surface area contributed by atoms with E-state index in [1.54, 1.807) is 6.92 Å². The molecule has 2 rings (SSSR count). The summed E-state index contributed by atoms with van der Waals surface area (Å²) in [7, 11) is 0. The zero-order chi connectivity index (χ0) is 17.0. The Balaban J connectivity index is 2.21. The summed E-state index contributed by atoms with van der Waals surface area (Å²) in [6.45, 7) is 7.33. The fourth-order valence-electron chi connectivity index (χ4n) is 2.39. The van der Waals surface area contributed by atoms with Gasteiger partial charge in [-0.15, -0.1) is 0 Å². The number of rotatable bonds is 4. The Morgan fingerprint density at radius 2 is 2.04 bits per heavy atom. The number of nitrogens with one attached hydrogen (secondary N) is 1. The van der Waals surface area contributed by atoms with Gasteiger partial charge < -0.3 is 4.74 Å². The van der Waals surface area contributed by atoms with Gasteiger partial charge in [0.05, 0.1) is 12.1 Å². The molecular weight excluding hydrogens is 294 g/mol. The minimum absolute atomic E-state index is 0.0343. The van der Waals surface area contributed by atoms with Crippen LogP contribution in [0.3, 0.4) is 0 Å². The summed E-state index contributed by atoms with van der Waals surface area (Å²) in [5.41, 5.74) is 4.71. The Kier molecular flexibility index (Phi) is 4.93. The molecule has 0 saturated carbocycles. The molecule has 6 heteroatoms. The summed E-state index contributed by atoms with van der Waals surface area (Å²) in [4.78, 5) is 27.9. The van der Waals surface area contributed by atoms with E-state index >= 15 is 0 Å². The number of nitrogens with zero attached hydrogens (tertiary/aromatic N) is 2. The molecule has 0 aliphatic carbocycles. The number of hydrogen-bond acceptors (Lipinski definition) is 6. The van der Waals surface area contributed by atoms with Crippen LogP contribution in [0.25, 0.3) is 0 Å². The largest absolute Gasteiger partial charge is 0.460 e. The molecular formula is C17H21N3O3. The maximum atomic E-state index is 11.8. The summed E-state index contributed by atoms with van der Waals surface area (Å²) in [6.07, 6.45) is 0.832. The number of fused-ring (bicyclic) bond motifs is 1. The Labute approximate surface area is 135 Å². The van der Waals surface area contributed by atoms with Gasteiger partial charge in [-0.2, -0.15) is 5.10 Å². The number of hydrogen-bond donors (Lipinski definition) is 1. The summed E-state index contributed by atoms with van der Waals surface area (Å²) in [5, 5.41) is 4.00. The molecule has 1 aliphatic rings. The highest BCUT2D eigenvalue weighted by Crippen LogP contribution is 2.25. The maximum Gasteiger partial charge on any atom is 0.381 e. The van der Waals surface area contributed by atoms with Crippen LogP contribution in [0.5, 0.6) is 0 Å². The Morgan fingerprint density at radius 1 is 1.35 bits per heavy atom. The number of benzene rings is 1. The topological polar surface area (TPSA) is 80.1 Å². The predicted molar refractivity (Wildman–Crippen MR) is 88.6 cm³/mol. The van der Waals surface area contributed by atoms with Gasteiger partial charge in [0.15, 0.2) is 0 Å². The zero-order valence-corrected chi connectivity index (χ0v) is 13.8. The van der Waals surface area contributed by atoms with Gasteiger partial charge in [0.1, 0.15) is 11.5 Å². The summed E-state index contributed by atoms with van der Waals surface area (Å²) >= 11 is 0. The van der Waals surface area contributed by atoms with Gasteiger partial charge in [0.2, 0.25) is 0 Å². The van der Waals surface area contributed by atoms with E-state index in [9.17, 15) is 9.59 Å². The number of carbonyl (C=O) groups excluding carboxylic acids is 2. The van der Waals surface area contributed by atoms with E-state index in [4.69, 9.17) is 0 Å². The molecule has 0 aromatic heterocycles. The molecule has 122 valence electrons. The molecule has 1 N–H and O–H groups in total. The van der Waals surface area contributed by atoms with Crippen LogP contribution in [-0.4, -0.2) is 35.4 Å². The first-order chi connectivity index (χ1) is 10.8. The van der Waals surface area contributed by atoms with Gasteiger partial charge in [-0.25, -0.2) is 4.79 Å². The van der Waals surface area contributed by atoms with Crippen molar-refractivity contribution in [2.24, 2.45) is 10.1 Å². The van der Waals surface area contributed by atoms with Crippen molar-refractivity contribution < 1.29 is 14.3 Å². The molecule has 23 heavy (non-hydrogen) atoms. The van der Waals surface area contributed by atoms with Crippen LogP contribution in [0.4, 0.5) is 0 Å². The van der Waals surface area contributed by atoms with E-state index in [1.165, 1.54) is 12.5 Å². The molecule has 0 amide bonds. The second kappa shape index (κ2) is 6.73. The third-order valence-corrected chi connectivity index (χ3v) is 3.43. The highest BCUT2D eigenvalue weighted by atomic mass is 16.5.